The molecule has 3 rings (SSSR count). The Kier molecular flexibility index (Phi) is 13.4. The highest BCUT2D eigenvalue weighted by molar-refractivity contribution is 6.30. The van der Waals surface area contributed by atoms with Crippen molar-refractivity contribution in [1.29, 1.82) is 0 Å². The van der Waals surface area contributed by atoms with Crippen molar-refractivity contribution in [3.05, 3.63) is 70.7 Å². The fourth-order valence-corrected chi connectivity index (χ4v) is 5.57. The largest absolute Gasteiger partial charge is 0.436 e. The van der Waals surface area contributed by atoms with Crippen LogP contribution in [0, 0.1) is 11.8 Å². The van der Waals surface area contributed by atoms with Gasteiger partial charge in [0.1, 0.15) is 0 Å². The van der Waals surface area contributed by atoms with Crippen LogP contribution in [0.2, 0.25) is 5.02 Å². The van der Waals surface area contributed by atoms with Gasteiger partial charge in [0.2, 0.25) is 5.91 Å². The molecule has 3 amide bonds. The van der Waals surface area contributed by atoms with Gasteiger partial charge in [0.25, 0.3) is 5.91 Å². The maximum atomic E-state index is 13.3. The number of amides is 3. The molecule has 0 spiro atoms. The molecule has 1 aliphatic carbocycles. The predicted octanol–water partition coefficient (Wildman–Crippen LogP) is 5.11. The van der Waals surface area contributed by atoms with Gasteiger partial charge in [0.15, 0.2) is 6.10 Å². The molecule has 1 unspecified atom stereocenters. The summed E-state index contributed by atoms with van der Waals surface area (Å²) in [5.41, 5.74) is 1.97. The van der Waals surface area contributed by atoms with Crippen LogP contribution in [0.4, 0.5) is 4.79 Å². The van der Waals surface area contributed by atoms with Gasteiger partial charge < -0.3 is 25.4 Å². The molecule has 0 heterocycles. The standard InChI is InChI=1S/C32H44ClN3O5/c1-23(31(39)36(2)17-16-24-10-5-3-6-11-24)18-28(22-37)35-30(38)29(20-25-12-7-4-8-13-25)41-32(40)34-21-26-14-9-15-27(33)19-26/h3,5-6,9-11,14-15,19,23,25,28-29,37H,4,7-8,12-13,16-18,20-22H2,1-2H3,(H,34,40)(H,35,38)/t23?,28-,29-/m0/s1. The summed E-state index contributed by atoms with van der Waals surface area (Å²) in [5.74, 6) is -0.632. The van der Waals surface area contributed by atoms with E-state index in [0.717, 1.165) is 43.2 Å². The monoisotopic (exact) mass is 585 g/mol. The average Bonchev–Trinajstić information content (AvgIpc) is 2.98. The molecule has 41 heavy (non-hydrogen) atoms. The summed E-state index contributed by atoms with van der Waals surface area (Å²) in [6, 6.07) is 16.5. The van der Waals surface area contributed by atoms with Crippen LogP contribution in [0.5, 0.6) is 0 Å². The van der Waals surface area contributed by atoms with Gasteiger partial charge in [-0.3, -0.25) is 9.59 Å². The Morgan fingerprint density at radius 2 is 1.76 bits per heavy atom. The molecule has 2 aromatic rings. The molecule has 0 saturated heterocycles. The first-order valence-corrected chi connectivity index (χ1v) is 15.0. The minimum Gasteiger partial charge on any atom is -0.436 e. The summed E-state index contributed by atoms with van der Waals surface area (Å²) in [5, 5.41) is 16.2. The molecule has 8 nitrogen and oxygen atoms in total. The summed E-state index contributed by atoms with van der Waals surface area (Å²) >= 11 is 6.03. The number of hydrogen-bond acceptors (Lipinski definition) is 5. The second-order valence-electron chi connectivity index (χ2n) is 11.1. The van der Waals surface area contributed by atoms with Crippen LogP contribution < -0.4 is 10.6 Å². The smallest absolute Gasteiger partial charge is 0.408 e. The van der Waals surface area contributed by atoms with Crippen molar-refractivity contribution in [2.75, 3.05) is 20.2 Å². The van der Waals surface area contributed by atoms with E-state index < -0.39 is 30.1 Å². The number of rotatable bonds is 14. The first-order valence-electron chi connectivity index (χ1n) is 14.6. The number of likely N-dealkylation sites (N-methyl/N-ethyl adjacent to an activating group) is 1. The summed E-state index contributed by atoms with van der Waals surface area (Å²) in [7, 11) is 1.77. The van der Waals surface area contributed by atoms with Crippen LogP contribution in [0.3, 0.4) is 0 Å². The molecule has 0 aliphatic heterocycles. The van der Waals surface area contributed by atoms with Gasteiger partial charge in [-0.15, -0.1) is 0 Å². The third-order valence-corrected chi connectivity index (χ3v) is 7.96. The third kappa shape index (κ3) is 11.4. The zero-order chi connectivity index (χ0) is 29.6. The number of ether oxygens (including phenoxy) is 1. The Balaban J connectivity index is 1.55. The highest BCUT2D eigenvalue weighted by atomic mass is 35.5. The number of aliphatic hydroxyl groups excluding tert-OH is 1. The van der Waals surface area contributed by atoms with Gasteiger partial charge in [-0.05, 0) is 48.4 Å². The molecular weight excluding hydrogens is 542 g/mol. The number of nitrogens with zero attached hydrogens (tertiary/aromatic N) is 1. The lowest BCUT2D eigenvalue weighted by atomic mass is 9.85. The van der Waals surface area contributed by atoms with E-state index >= 15 is 0 Å². The molecule has 2 aromatic carbocycles. The zero-order valence-corrected chi connectivity index (χ0v) is 24.9. The maximum Gasteiger partial charge on any atom is 0.408 e. The molecular formula is C32H44ClN3O5. The molecule has 0 aromatic heterocycles. The zero-order valence-electron chi connectivity index (χ0n) is 24.2. The fourth-order valence-electron chi connectivity index (χ4n) is 5.36. The summed E-state index contributed by atoms with van der Waals surface area (Å²) in [6.07, 6.45) is 5.09. The highest BCUT2D eigenvalue weighted by Gasteiger charge is 2.30. The third-order valence-electron chi connectivity index (χ3n) is 7.72. The van der Waals surface area contributed by atoms with Crippen molar-refractivity contribution < 1.29 is 24.2 Å². The summed E-state index contributed by atoms with van der Waals surface area (Å²) in [6.45, 7) is 2.27. The topological polar surface area (TPSA) is 108 Å². The number of carbonyl (C=O) groups excluding carboxylic acids is 3. The molecule has 0 radical (unpaired) electrons. The Bertz CT molecular complexity index is 1110. The number of carbonyl (C=O) groups is 3. The number of nitrogens with one attached hydrogen (secondary N) is 2. The van der Waals surface area contributed by atoms with Crippen LogP contribution in [0.15, 0.2) is 54.6 Å². The minimum atomic E-state index is -0.994. The Labute approximate surface area is 248 Å². The summed E-state index contributed by atoms with van der Waals surface area (Å²) in [4.78, 5) is 40.7. The quantitative estimate of drug-likeness (QED) is 0.286. The van der Waals surface area contributed by atoms with Crippen LogP contribution in [0.25, 0.3) is 0 Å². The number of halogens is 1. The van der Waals surface area contributed by atoms with Crippen LogP contribution in [-0.2, 0) is 27.3 Å². The normalized spacial score (nSPS) is 15.8. The van der Waals surface area contributed by atoms with Gasteiger partial charge in [-0.2, -0.15) is 0 Å². The van der Waals surface area contributed by atoms with Crippen molar-refractivity contribution in [3.63, 3.8) is 0 Å². The Morgan fingerprint density at radius 1 is 1.05 bits per heavy atom. The minimum absolute atomic E-state index is 0.0518. The number of aliphatic hydroxyl groups is 1. The molecule has 9 heteroatoms. The predicted molar refractivity (Wildman–Crippen MR) is 160 cm³/mol. The molecule has 0 bridgehead atoms. The fraction of sp³-hybridized carbons (Fsp3) is 0.531. The van der Waals surface area contributed by atoms with E-state index in [4.69, 9.17) is 16.3 Å². The van der Waals surface area contributed by atoms with Gasteiger partial charge in [0.05, 0.1) is 12.6 Å². The van der Waals surface area contributed by atoms with Crippen LogP contribution in [0.1, 0.15) is 63.0 Å². The second-order valence-corrected chi connectivity index (χ2v) is 11.6. The Morgan fingerprint density at radius 3 is 2.44 bits per heavy atom. The van der Waals surface area contributed by atoms with Crippen molar-refractivity contribution in [2.24, 2.45) is 11.8 Å². The van der Waals surface area contributed by atoms with Crippen molar-refractivity contribution >= 4 is 29.5 Å². The van der Waals surface area contributed by atoms with Crippen molar-refractivity contribution in [3.8, 4) is 0 Å². The molecule has 1 fully saturated rings. The average molecular weight is 586 g/mol. The second kappa shape index (κ2) is 17.0. The van der Waals surface area contributed by atoms with Crippen LogP contribution in [-0.4, -0.2) is 60.3 Å². The molecule has 1 aliphatic rings. The highest BCUT2D eigenvalue weighted by Crippen LogP contribution is 2.28. The van der Waals surface area contributed by atoms with E-state index in [1.165, 1.54) is 6.42 Å². The van der Waals surface area contributed by atoms with E-state index in [9.17, 15) is 19.5 Å². The lowest BCUT2D eigenvalue weighted by Gasteiger charge is -2.28. The van der Waals surface area contributed by atoms with E-state index in [0.29, 0.717) is 18.0 Å². The van der Waals surface area contributed by atoms with Gasteiger partial charge in [-0.1, -0.05) is 93.1 Å². The van der Waals surface area contributed by atoms with Gasteiger partial charge in [-0.25, -0.2) is 4.79 Å². The van der Waals surface area contributed by atoms with E-state index in [1.54, 1.807) is 37.1 Å². The Hall–Kier alpha value is -3.10. The number of benzene rings is 2. The molecule has 3 N–H and O–H groups in total. The number of alkyl carbamates (subject to hydrolysis) is 1. The lowest BCUT2D eigenvalue weighted by molar-refractivity contribution is -0.135. The molecule has 1 saturated carbocycles. The van der Waals surface area contributed by atoms with Gasteiger partial charge in [0, 0.05) is 31.1 Å². The lowest BCUT2D eigenvalue weighted by Crippen LogP contribution is -2.48. The van der Waals surface area contributed by atoms with Crippen molar-refractivity contribution in [2.45, 2.75) is 77.0 Å². The molecule has 3 atom stereocenters. The van der Waals surface area contributed by atoms with E-state index in [1.807, 2.05) is 36.4 Å². The first-order chi connectivity index (χ1) is 19.7. The SMILES string of the molecule is CC(C[C@@H](CO)NC(=O)[C@H](CC1CCCCC1)OC(=O)NCc1cccc(Cl)c1)C(=O)N(C)CCc1ccccc1. The van der Waals surface area contributed by atoms with Crippen LogP contribution >= 0.6 is 11.6 Å². The van der Waals surface area contributed by atoms with Crippen molar-refractivity contribution in [1.82, 2.24) is 15.5 Å². The van der Waals surface area contributed by atoms with E-state index in [-0.39, 0.29) is 31.4 Å². The number of hydrogen-bond donors (Lipinski definition) is 3. The van der Waals surface area contributed by atoms with E-state index in [2.05, 4.69) is 10.6 Å². The first kappa shape index (κ1) is 32.4. The van der Waals surface area contributed by atoms with Gasteiger partial charge >= 0.3 is 6.09 Å². The molecule has 224 valence electrons. The summed E-state index contributed by atoms with van der Waals surface area (Å²) < 4.78 is 5.63. The maximum absolute atomic E-state index is 13.3.